The highest BCUT2D eigenvalue weighted by molar-refractivity contribution is 5.19. The first kappa shape index (κ1) is 8.69. The normalized spacial score (nSPS) is 14.8. The van der Waals surface area contributed by atoms with E-state index in [0.29, 0.717) is 5.56 Å². The summed E-state index contributed by atoms with van der Waals surface area (Å²) >= 11 is 0. The highest BCUT2D eigenvalue weighted by atomic mass is 19.1. The van der Waals surface area contributed by atoms with Crippen molar-refractivity contribution >= 4 is 0 Å². The Balaban J connectivity index is 2.80. The van der Waals surface area contributed by atoms with Crippen LogP contribution in [0.4, 0.5) is 4.39 Å². The minimum atomic E-state index is -1.85. The summed E-state index contributed by atoms with van der Waals surface area (Å²) in [7, 11) is 0. The summed E-state index contributed by atoms with van der Waals surface area (Å²) in [6.07, 6.45) is -3.19. The summed E-state index contributed by atoms with van der Waals surface area (Å²) in [6, 6.07) is 9.63. The fourth-order valence-corrected chi connectivity index (χ4v) is 0.890. The summed E-state index contributed by atoms with van der Waals surface area (Å²) in [5, 5.41) is 17.4. The zero-order chi connectivity index (χ0) is 8.97. The molecule has 0 saturated heterocycles. The van der Waals surface area contributed by atoms with E-state index in [1.165, 1.54) is 6.07 Å². The second-order valence-corrected chi connectivity index (χ2v) is 2.39. The molecule has 0 amide bonds. The number of benzene rings is 1. The zero-order valence-electron chi connectivity index (χ0n) is 6.31. The van der Waals surface area contributed by atoms with Crippen LogP contribution in [-0.4, -0.2) is 11.3 Å². The Bertz CT molecular complexity index is 280. The van der Waals surface area contributed by atoms with Crippen molar-refractivity contribution in [3.63, 3.8) is 0 Å². The average Bonchev–Trinajstić information content (AvgIpc) is 2.17. The van der Waals surface area contributed by atoms with Crippen molar-refractivity contribution in [2.45, 2.75) is 12.3 Å². The SMILES string of the molecule is N#C[C@@H](F)[C@@H](O)c1ccccc1. The third-order valence-electron chi connectivity index (χ3n) is 1.54. The number of hydrogen-bond donors (Lipinski definition) is 1. The monoisotopic (exact) mass is 165 g/mol. The molecule has 0 saturated carbocycles. The molecule has 0 unspecified atom stereocenters. The van der Waals surface area contributed by atoms with Crippen LogP contribution in [0.2, 0.25) is 0 Å². The Labute approximate surface area is 69.9 Å². The zero-order valence-corrected chi connectivity index (χ0v) is 6.31. The fourth-order valence-electron chi connectivity index (χ4n) is 0.890. The molecule has 1 N–H and O–H groups in total. The van der Waals surface area contributed by atoms with Crippen molar-refractivity contribution in [1.29, 1.82) is 5.26 Å². The maximum Gasteiger partial charge on any atom is 0.215 e. The van der Waals surface area contributed by atoms with E-state index in [2.05, 4.69) is 0 Å². The van der Waals surface area contributed by atoms with Gasteiger partial charge in [0.25, 0.3) is 0 Å². The van der Waals surface area contributed by atoms with E-state index in [1.54, 1.807) is 30.3 Å². The lowest BCUT2D eigenvalue weighted by atomic mass is 10.1. The number of alkyl halides is 1. The van der Waals surface area contributed by atoms with Crippen LogP contribution in [0.25, 0.3) is 0 Å². The lowest BCUT2D eigenvalue weighted by molar-refractivity contribution is 0.107. The van der Waals surface area contributed by atoms with Gasteiger partial charge in [-0.25, -0.2) is 4.39 Å². The number of aliphatic hydroxyl groups is 1. The van der Waals surface area contributed by atoms with E-state index in [0.717, 1.165) is 0 Å². The van der Waals surface area contributed by atoms with E-state index in [-0.39, 0.29) is 0 Å². The van der Waals surface area contributed by atoms with Crippen LogP contribution in [0.15, 0.2) is 30.3 Å². The van der Waals surface area contributed by atoms with Gasteiger partial charge in [0.05, 0.1) is 0 Å². The van der Waals surface area contributed by atoms with E-state index in [4.69, 9.17) is 5.26 Å². The first-order valence-corrected chi connectivity index (χ1v) is 3.52. The molecule has 0 bridgehead atoms. The molecule has 0 aliphatic heterocycles. The van der Waals surface area contributed by atoms with Crippen LogP contribution >= 0.6 is 0 Å². The van der Waals surface area contributed by atoms with E-state index < -0.39 is 12.3 Å². The van der Waals surface area contributed by atoms with Crippen LogP contribution in [0, 0.1) is 11.3 Å². The van der Waals surface area contributed by atoms with Crippen molar-refractivity contribution in [3.05, 3.63) is 35.9 Å². The van der Waals surface area contributed by atoms with Crippen LogP contribution in [0.5, 0.6) is 0 Å². The number of nitrogens with zero attached hydrogens (tertiary/aromatic N) is 1. The Hall–Kier alpha value is -1.40. The summed E-state index contributed by atoms with van der Waals surface area (Å²) < 4.78 is 12.6. The highest BCUT2D eigenvalue weighted by Crippen LogP contribution is 2.17. The van der Waals surface area contributed by atoms with Crippen molar-refractivity contribution in [3.8, 4) is 6.07 Å². The van der Waals surface area contributed by atoms with Gasteiger partial charge in [0.1, 0.15) is 12.2 Å². The third kappa shape index (κ3) is 1.80. The quantitative estimate of drug-likeness (QED) is 0.723. The summed E-state index contributed by atoms with van der Waals surface area (Å²) in [5.41, 5.74) is 0.423. The molecule has 1 aromatic rings. The number of aliphatic hydroxyl groups excluding tert-OH is 1. The lowest BCUT2D eigenvalue weighted by Crippen LogP contribution is -2.10. The van der Waals surface area contributed by atoms with Crippen molar-refractivity contribution in [2.24, 2.45) is 0 Å². The number of halogens is 1. The largest absolute Gasteiger partial charge is 0.384 e. The first-order valence-electron chi connectivity index (χ1n) is 3.52. The van der Waals surface area contributed by atoms with Gasteiger partial charge in [0.15, 0.2) is 0 Å². The molecule has 2 atom stereocenters. The molecule has 12 heavy (non-hydrogen) atoms. The van der Waals surface area contributed by atoms with Crippen LogP contribution in [0.3, 0.4) is 0 Å². The Morgan fingerprint density at radius 1 is 1.33 bits per heavy atom. The highest BCUT2D eigenvalue weighted by Gasteiger charge is 2.18. The molecule has 0 fully saturated rings. The third-order valence-corrected chi connectivity index (χ3v) is 1.54. The summed E-state index contributed by atoms with van der Waals surface area (Å²) in [4.78, 5) is 0. The second-order valence-electron chi connectivity index (χ2n) is 2.39. The topological polar surface area (TPSA) is 44.0 Å². The van der Waals surface area contributed by atoms with Gasteiger partial charge in [-0.05, 0) is 5.56 Å². The smallest absolute Gasteiger partial charge is 0.215 e. The molecule has 0 radical (unpaired) electrons. The van der Waals surface area contributed by atoms with Gasteiger partial charge >= 0.3 is 0 Å². The summed E-state index contributed by atoms with van der Waals surface area (Å²) in [5.74, 6) is 0. The number of rotatable bonds is 2. The molecule has 0 aromatic heterocycles. The maximum absolute atomic E-state index is 12.6. The van der Waals surface area contributed by atoms with Crippen molar-refractivity contribution in [1.82, 2.24) is 0 Å². The Morgan fingerprint density at radius 3 is 2.42 bits per heavy atom. The Kier molecular flexibility index (Phi) is 2.78. The molecule has 1 aromatic carbocycles. The fraction of sp³-hybridized carbons (Fsp3) is 0.222. The molecule has 0 spiro atoms. The van der Waals surface area contributed by atoms with Gasteiger partial charge in [-0.2, -0.15) is 5.26 Å². The minimum Gasteiger partial charge on any atom is -0.384 e. The number of nitriles is 1. The molecule has 0 aliphatic carbocycles. The van der Waals surface area contributed by atoms with Gasteiger partial charge in [0, 0.05) is 0 Å². The molecular formula is C9H8FNO. The van der Waals surface area contributed by atoms with E-state index >= 15 is 0 Å². The maximum atomic E-state index is 12.6. The minimum absolute atomic E-state index is 0.423. The average molecular weight is 165 g/mol. The van der Waals surface area contributed by atoms with Crippen LogP contribution in [-0.2, 0) is 0 Å². The molecule has 62 valence electrons. The molecule has 2 nitrogen and oxygen atoms in total. The molecule has 3 heteroatoms. The van der Waals surface area contributed by atoms with Gasteiger partial charge < -0.3 is 5.11 Å². The van der Waals surface area contributed by atoms with E-state index in [9.17, 15) is 9.50 Å². The second kappa shape index (κ2) is 3.84. The first-order chi connectivity index (χ1) is 5.75. The Morgan fingerprint density at radius 2 is 1.92 bits per heavy atom. The van der Waals surface area contributed by atoms with Gasteiger partial charge in [-0.3, -0.25) is 0 Å². The van der Waals surface area contributed by atoms with Gasteiger partial charge in [-0.15, -0.1) is 0 Å². The van der Waals surface area contributed by atoms with Crippen molar-refractivity contribution < 1.29 is 9.50 Å². The molecule has 0 heterocycles. The lowest BCUT2D eigenvalue weighted by Gasteiger charge is -2.08. The predicted octanol–water partition coefficient (Wildman–Crippen LogP) is 1.58. The van der Waals surface area contributed by atoms with Crippen LogP contribution in [0.1, 0.15) is 11.7 Å². The molecule has 0 aliphatic rings. The predicted molar refractivity (Wildman–Crippen MR) is 41.9 cm³/mol. The van der Waals surface area contributed by atoms with E-state index in [1.807, 2.05) is 0 Å². The molecular weight excluding hydrogens is 157 g/mol. The number of hydrogen-bond acceptors (Lipinski definition) is 2. The van der Waals surface area contributed by atoms with Gasteiger partial charge in [0.2, 0.25) is 6.17 Å². The summed E-state index contributed by atoms with van der Waals surface area (Å²) in [6.45, 7) is 0. The van der Waals surface area contributed by atoms with Gasteiger partial charge in [-0.1, -0.05) is 30.3 Å². The van der Waals surface area contributed by atoms with Crippen molar-refractivity contribution in [2.75, 3.05) is 0 Å². The molecule has 1 rings (SSSR count). The standard InChI is InChI=1S/C9H8FNO/c10-8(6-11)9(12)7-4-2-1-3-5-7/h1-5,8-9,12H/t8-,9+/m1/s1. The van der Waals surface area contributed by atoms with Crippen LogP contribution < -0.4 is 0 Å².